The van der Waals surface area contributed by atoms with E-state index in [1.807, 2.05) is 16.8 Å². The van der Waals surface area contributed by atoms with E-state index < -0.39 is 15.5 Å². The van der Waals surface area contributed by atoms with Crippen molar-refractivity contribution in [2.75, 3.05) is 13.2 Å². The van der Waals surface area contributed by atoms with Gasteiger partial charge >= 0.3 is 0 Å². The van der Waals surface area contributed by atoms with Gasteiger partial charge in [0.25, 0.3) is 10.1 Å². The van der Waals surface area contributed by atoms with Crippen LogP contribution in [-0.4, -0.2) is 26.7 Å². The lowest BCUT2D eigenvalue weighted by Gasteiger charge is -2.25. The van der Waals surface area contributed by atoms with E-state index in [4.69, 9.17) is 4.18 Å². The van der Waals surface area contributed by atoms with E-state index in [1.54, 1.807) is 25.1 Å². The van der Waals surface area contributed by atoms with E-state index in [2.05, 4.69) is 0 Å². The van der Waals surface area contributed by atoms with E-state index in [1.165, 1.54) is 23.5 Å². The van der Waals surface area contributed by atoms with Crippen LogP contribution in [0.4, 0.5) is 0 Å². The first kappa shape index (κ1) is 15.2. The maximum atomic E-state index is 12.1. The number of aliphatic hydroxyl groups excluding tert-OH is 1. The molecule has 1 aromatic carbocycles. The van der Waals surface area contributed by atoms with Crippen LogP contribution < -0.4 is 0 Å². The predicted molar refractivity (Wildman–Crippen MR) is 78.3 cm³/mol. The third kappa shape index (κ3) is 3.27. The molecule has 20 heavy (non-hydrogen) atoms. The van der Waals surface area contributed by atoms with Gasteiger partial charge in [0.15, 0.2) is 0 Å². The summed E-state index contributed by atoms with van der Waals surface area (Å²) in [5.74, 6) is 0. The highest BCUT2D eigenvalue weighted by Gasteiger charge is 2.30. The maximum Gasteiger partial charge on any atom is 0.297 e. The molecule has 108 valence electrons. The number of hydrogen-bond acceptors (Lipinski definition) is 5. The van der Waals surface area contributed by atoms with Gasteiger partial charge in [0.1, 0.15) is 0 Å². The van der Waals surface area contributed by atoms with Crippen molar-refractivity contribution in [3.05, 3.63) is 52.7 Å². The largest absolute Gasteiger partial charge is 0.395 e. The standard InChI is InChI=1S/C14H16O4S2/c1-14(10-15,12-7-8-19-9-12)11-18-20(16,17)13-5-3-2-4-6-13/h2-9,15H,10-11H2,1H3/t14-/m1/s1. The Morgan fingerprint density at radius 2 is 1.95 bits per heavy atom. The summed E-state index contributed by atoms with van der Waals surface area (Å²) in [5.41, 5.74) is 0.134. The highest BCUT2D eigenvalue weighted by Crippen LogP contribution is 2.27. The summed E-state index contributed by atoms with van der Waals surface area (Å²) in [6.45, 7) is 1.49. The van der Waals surface area contributed by atoms with Crippen LogP contribution >= 0.6 is 11.3 Å². The molecule has 0 spiro atoms. The molecule has 1 heterocycles. The van der Waals surface area contributed by atoms with Crippen molar-refractivity contribution in [1.29, 1.82) is 0 Å². The van der Waals surface area contributed by atoms with Crippen LogP contribution in [0, 0.1) is 0 Å². The monoisotopic (exact) mass is 312 g/mol. The summed E-state index contributed by atoms with van der Waals surface area (Å²) < 4.78 is 29.2. The first-order valence-electron chi connectivity index (χ1n) is 6.06. The van der Waals surface area contributed by atoms with Gasteiger partial charge in [0.2, 0.25) is 0 Å². The summed E-state index contributed by atoms with van der Waals surface area (Å²) in [5, 5.41) is 13.3. The van der Waals surface area contributed by atoms with Crippen molar-refractivity contribution >= 4 is 21.5 Å². The third-order valence-electron chi connectivity index (χ3n) is 3.13. The number of hydrogen-bond donors (Lipinski definition) is 1. The lowest BCUT2D eigenvalue weighted by Crippen LogP contribution is -2.33. The molecule has 0 saturated heterocycles. The Morgan fingerprint density at radius 3 is 2.50 bits per heavy atom. The molecule has 4 nitrogen and oxygen atoms in total. The molecule has 0 amide bonds. The number of rotatable bonds is 6. The van der Waals surface area contributed by atoms with E-state index in [-0.39, 0.29) is 18.1 Å². The minimum atomic E-state index is -3.80. The fourth-order valence-electron chi connectivity index (χ4n) is 1.69. The van der Waals surface area contributed by atoms with Gasteiger partial charge in [-0.1, -0.05) is 25.1 Å². The van der Waals surface area contributed by atoms with E-state index in [0.717, 1.165) is 5.56 Å². The van der Waals surface area contributed by atoms with E-state index in [0.29, 0.717) is 0 Å². The Hall–Kier alpha value is -1.21. The van der Waals surface area contributed by atoms with Gasteiger partial charge in [-0.25, -0.2) is 0 Å². The normalized spacial score (nSPS) is 14.9. The summed E-state index contributed by atoms with van der Waals surface area (Å²) in [7, 11) is -3.80. The molecule has 1 N–H and O–H groups in total. The zero-order valence-electron chi connectivity index (χ0n) is 11.0. The average molecular weight is 312 g/mol. The fraction of sp³-hybridized carbons (Fsp3) is 0.286. The van der Waals surface area contributed by atoms with Crippen LogP contribution in [0.2, 0.25) is 0 Å². The number of aliphatic hydroxyl groups is 1. The second-order valence-corrected chi connectivity index (χ2v) is 7.16. The molecular formula is C14H16O4S2. The quantitative estimate of drug-likeness (QED) is 0.832. The number of thiophene rings is 1. The maximum absolute atomic E-state index is 12.1. The van der Waals surface area contributed by atoms with Gasteiger partial charge in [0, 0.05) is 5.41 Å². The van der Waals surface area contributed by atoms with Crippen molar-refractivity contribution in [1.82, 2.24) is 0 Å². The molecule has 0 saturated carbocycles. The smallest absolute Gasteiger partial charge is 0.297 e. The molecule has 0 fully saturated rings. The van der Waals surface area contributed by atoms with Crippen molar-refractivity contribution in [2.24, 2.45) is 0 Å². The number of benzene rings is 1. The van der Waals surface area contributed by atoms with Crippen LogP contribution in [0.15, 0.2) is 52.1 Å². The second kappa shape index (κ2) is 6.05. The third-order valence-corrected chi connectivity index (χ3v) is 5.09. The average Bonchev–Trinajstić information content (AvgIpc) is 3.01. The molecule has 2 aromatic rings. The Morgan fingerprint density at radius 1 is 1.25 bits per heavy atom. The van der Waals surface area contributed by atoms with Crippen molar-refractivity contribution in [3.8, 4) is 0 Å². The van der Waals surface area contributed by atoms with Gasteiger partial charge in [0.05, 0.1) is 18.1 Å². The predicted octanol–water partition coefficient (Wildman–Crippen LogP) is 2.40. The minimum Gasteiger partial charge on any atom is -0.395 e. The fourth-order valence-corrected chi connectivity index (χ4v) is 3.55. The molecule has 0 radical (unpaired) electrons. The molecule has 6 heteroatoms. The molecule has 0 aliphatic rings. The van der Waals surface area contributed by atoms with Crippen LogP contribution in [0.25, 0.3) is 0 Å². The summed E-state index contributed by atoms with van der Waals surface area (Å²) in [4.78, 5) is 0.116. The van der Waals surface area contributed by atoms with Gasteiger partial charge in [-0.3, -0.25) is 4.18 Å². The molecule has 0 unspecified atom stereocenters. The Bertz CT molecular complexity index is 635. The van der Waals surface area contributed by atoms with Gasteiger partial charge < -0.3 is 5.11 Å². The van der Waals surface area contributed by atoms with E-state index >= 15 is 0 Å². The first-order valence-corrected chi connectivity index (χ1v) is 8.41. The second-order valence-electron chi connectivity index (χ2n) is 4.76. The Kier molecular flexibility index (Phi) is 4.59. The first-order chi connectivity index (χ1) is 9.48. The lowest BCUT2D eigenvalue weighted by molar-refractivity contribution is 0.145. The summed E-state index contributed by atoms with van der Waals surface area (Å²) in [6.07, 6.45) is 0. The highest BCUT2D eigenvalue weighted by molar-refractivity contribution is 7.86. The lowest BCUT2D eigenvalue weighted by atomic mass is 9.86. The van der Waals surface area contributed by atoms with Crippen LogP contribution in [0.1, 0.15) is 12.5 Å². The van der Waals surface area contributed by atoms with Crippen molar-refractivity contribution in [3.63, 3.8) is 0 Å². The molecular weight excluding hydrogens is 296 g/mol. The molecule has 2 rings (SSSR count). The highest BCUT2D eigenvalue weighted by atomic mass is 32.2. The summed E-state index contributed by atoms with van der Waals surface area (Å²) >= 11 is 1.50. The molecule has 1 atom stereocenters. The van der Waals surface area contributed by atoms with E-state index in [9.17, 15) is 13.5 Å². The SMILES string of the molecule is C[C@@](CO)(COS(=O)(=O)c1ccccc1)c1ccsc1. The Balaban J connectivity index is 2.15. The van der Waals surface area contributed by atoms with Crippen LogP contribution in [0.3, 0.4) is 0 Å². The van der Waals surface area contributed by atoms with Crippen molar-refractivity contribution < 1.29 is 17.7 Å². The van der Waals surface area contributed by atoms with Gasteiger partial charge in [-0.2, -0.15) is 19.8 Å². The zero-order valence-corrected chi connectivity index (χ0v) is 12.7. The topological polar surface area (TPSA) is 63.6 Å². The molecule has 0 aliphatic heterocycles. The van der Waals surface area contributed by atoms with Crippen molar-refractivity contribution in [2.45, 2.75) is 17.2 Å². The Labute approximate surface area is 122 Å². The van der Waals surface area contributed by atoms with Crippen LogP contribution in [0.5, 0.6) is 0 Å². The minimum absolute atomic E-state index is 0.0997. The zero-order chi connectivity index (χ0) is 14.6. The summed E-state index contributed by atoms with van der Waals surface area (Å²) in [6, 6.07) is 9.84. The molecule has 1 aromatic heterocycles. The van der Waals surface area contributed by atoms with Gasteiger partial charge in [-0.05, 0) is 34.5 Å². The molecule has 0 aliphatic carbocycles. The van der Waals surface area contributed by atoms with Crippen LogP contribution in [-0.2, 0) is 19.7 Å². The molecule has 0 bridgehead atoms. The van der Waals surface area contributed by atoms with Gasteiger partial charge in [-0.15, -0.1) is 0 Å².